The van der Waals surface area contributed by atoms with E-state index in [1.807, 2.05) is 35.7 Å². The van der Waals surface area contributed by atoms with Gasteiger partial charge in [-0.1, -0.05) is 30.0 Å². The Kier molecular flexibility index (Phi) is 5.78. The van der Waals surface area contributed by atoms with Crippen LogP contribution < -0.4 is 10.9 Å². The number of carbonyl (C=O) groups excluding carboxylic acids is 2. The second-order valence-corrected chi connectivity index (χ2v) is 8.33. The number of benzene rings is 2. The first-order valence-corrected chi connectivity index (χ1v) is 11.0. The maximum atomic E-state index is 13.0. The van der Waals surface area contributed by atoms with E-state index in [2.05, 4.69) is 10.3 Å². The van der Waals surface area contributed by atoms with Crippen molar-refractivity contribution in [3.63, 3.8) is 0 Å². The zero-order chi connectivity index (χ0) is 21.1. The van der Waals surface area contributed by atoms with Crippen molar-refractivity contribution in [1.29, 1.82) is 0 Å². The summed E-state index contributed by atoms with van der Waals surface area (Å²) in [5, 5.41) is 5.09. The molecule has 0 saturated heterocycles. The van der Waals surface area contributed by atoms with E-state index in [0.29, 0.717) is 32.3 Å². The van der Waals surface area contributed by atoms with E-state index in [9.17, 15) is 14.4 Å². The predicted octanol–water partition coefficient (Wildman–Crippen LogP) is 4.38. The maximum Gasteiger partial charge on any atom is 0.276 e. The minimum Gasteiger partial charge on any atom is -0.325 e. The van der Waals surface area contributed by atoms with Gasteiger partial charge in [-0.15, -0.1) is 11.3 Å². The zero-order valence-electron chi connectivity index (χ0n) is 16.0. The molecule has 4 aromatic rings. The van der Waals surface area contributed by atoms with E-state index in [1.165, 1.54) is 30.0 Å². The Labute approximate surface area is 180 Å². The van der Waals surface area contributed by atoms with Gasteiger partial charge in [-0.05, 0) is 54.8 Å². The third-order valence-electron chi connectivity index (χ3n) is 4.37. The number of nitrogens with one attached hydrogen (secondary N) is 1. The van der Waals surface area contributed by atoms with Crippen molar-refractivity contribution >= 4 is 50.7 Å². The molecule has 4 rings (SSSR count). The highest BCUT2D eigenvalue weighted by atomic mass is 32.2. The van der Waals surface area contributed by atoms with Gasteiger partial charge < -0.3 is 5.32 Å². The SMILES string of the molecule is CC(=O)c1ccc(NC(=O)CSc2nc3ccsc3c(=O)n2-c2ccccc2)cc1. The lowest BCUT2D eigenvalue weighted by Gasteiger charge is -2.12. The summed E-state index contributed by atoms with van der Waals surface area (Å²) in [6.07, 6.45) is 0. The van der Waals surface area contributed by atoms with Crippen LogP contribution in [0.4, 0.5) is 5.69 Å². The molecule has 30 heavy (non-hydrogen) atoms. The monoisotopic (exact) mass is 435 g/mol. The normalized spacial score (nSPS) is 10.8. The summed E-state index contributed by atoms with van der Waals surface area (Å²) in [6.45, 7) is 1.49. The topological polar surface area (TPSA) is 81.1 Å². The molecule has 0 spiro atoms. The van der Waals surface area contributed by atoms with Crippen LogP contribution >= 0.6 is 23.1 Å². The van der Waals surface area contributed by atoms with Crippen LogP contribution in [-0.2, 0) is 4.79 Å². The van der Waals surface area contributed by atoms with Crippen LogP contribution in [0.2, 0.25) is 0 Å². The van der Waals surface area contributed by atoms with Gasteiger partial charge in [-0.3, -0.25) is 19.0 Å². The Hall–Kier alpha value is -3.23. The molecule has 2 heterocycles. The zero-order valence-corrected chi connectivity index (χ0v) is 17.6. The van der Waals surface area contributed by atoms with Gasteiger partial charge in [0.2, 0.25) is 5.91 Å². The van der Waals surface area contributed by atoms with Crippen molar-refractivity contribution in [2.45, 2.75) is 12.1 Å². The number of thiophene rings is 1. The summed E-state index contributed by atoms with van der Waals surface area (Å²) in [4.78, 5) is 41.4. The van der Waals surface area contributed by atoms with E-state index in [0.717, 1.165) is 0 Å². The van der Waals surface area contributed by atoms with E-state index in [1.54, 1.807) is 34.9 Å². The second kappa shape index (κ2) is 8.64. The molecule has 8 heteroatoms. The quantitative estimate of drug-likeness (QED) is 0.276. The number of fused-ring (bicyclic) bond motifs is 1. The van der Waals surface area contributed by atoms with Gasteiger partial charge in [0.1, 0.15) is 4.70 Å². The molecular weight excluding hydrogens is 418 g/mol. The van der Waals surface area contributed by atoms with Gasteiger partial charge in [0.15, 0.2) is 10.9 Å². The molecule has 0 unspecified atom stereocenters. The number of nitrogens with zero attached hydrogens (tertiary/aromatic N) is 2. The lowest BCUT2D eigenvalue weighted by molar-refractivity contribution is -0.113. The standard InChI is InChI=1S/C22H17N3O3S2/c1-14(26)15-7-9-16(10-8-15)23-19(27)13-30-22-24-18-11-12-29-20(18)21(28)25(22)17-5-3-2-4-6-17/h2-12H,13H2,1H3,(H,23,27). The van der Waals surface area contributed by atoms with Crippen molar-refractivity contribution in [1.82, 2.24) is 9.55 Å². The van der Waals surface area contributed by atoms with Gasteiger partial charge in [-0.2, -0.15) is 0 Å². The third kappa shape index (κ3) is 4.19. The van der Waals surface area contributed by atoms with Crippen molar-refractivity contribution in [2.75, 3.05) is 11.1 Å². The van der Waals surface area contributed by atoms with E-state index < -0.39 is 0 Å². The lowest BCUT2D eigenvalue weighted by Crippen LogP contribution is -2.22. The van der Waals surface area contributed by atoms with Crippen molar-refractivity contribution in [3.05, 3.63) is 82.0 Å². The molecule has 0 fully saturated rings. The molecule has 0 bridgehead atoms. The van der Waals surface area contributed by atoms with E-state index in [4.69, 9.17) is 0 Å². The van der Waals surface area contributed by atoms with Crippen LogP contribution in [0.25, 0.3) is 15.9 Å². The number of Topliss-reactive ketones (excluding diaryl/α,β-unsaturated/α-hetero) is 1. The second-order valence-electron chi connectivity index (χ2n) is 6.48. The molecule has 150 valence electrons. The number of hydrogen-bond acceptors (Lipinski definition) is 6. The lowest BCUT2D eigenvalue weighted by atomic mass is 10.1. The van der Waals surface area contributed by atoms with Crippen LogP contribution in [0.1, 0.15) is 17.3 Å². The maximum absolute atomic E-state index is 13.0. The number of carbonyl (C=O) groups is 2. The fourth-order valence-corrected chi connectivity index (χ4v) is 4.48. The molecule has 1 N–H and O–H groups in total. The highest BCUT2D eigenvalue weighted by molar-refractivity contribution is 7.99. The molecule has 0 aliphatic rings. The fraction of sp³-hybridized carbons (Fsp3) is 0.0909. The number of thioether (sulfide) groups is 1. The summed E-state index contributed by atoms with van der Waals surface area (Å²) in [6, 6.07) is 17.8. The molecular formula is C22H17N3O3S2. The molecule has 1 amide bonds. The van der Waals surface area contributed by atoms with Gasteiger partial charge in [0.05, 0.1) is 17.0 Å². The van der Waals surface area contributed by atoms with Gasteiger partial charge in [-0.25, -0.2) is 4.98 Å². The van der Waals surface area contributed by atoms with Crippen LogP contribution in [0.15, 0.2) is 76.0 Å². The first kappa shape index (κ1) is 20.1. The molecule has 0 radical (unpaired) electrons. The smallest absolute Gasteiger partial charge is 0.276 e. The molecule has 2 aromatic carbocycles. The Bertz CT molecular complexity index is 1280. The number of hydrogen-bond donors (Lipinski definition) is 1. The summed E-state index contributed by atoms with van der Waals surface area (Å²) in [5.41, 5.74) is 2.37. The minimum atomic E-state index is -0.227. The predicted molar refractivity (Wildman–Crippen MR) is 121 cm³/mol. The van der Waals surface area contributed by atoms with Gasteiger partial charge in [0.25, 0.3) is 5.56 Å². The Morgan fingerprint density at radius 2 is 1.80 bits per heavy atom. The van der Waals surface area contributed by atoms with Gasteiger partial charge >= 0.3 is 0 Å². The van der Waals surface area contributed by atoms with Crippen LogP contribution in [-0.4, -0.2) is 27.0 Å². The molecule has 0 atom stereocenters. The third-order valence-corrected chi connectivity index (χ3v) is 6.20. The first-order valence-electron chi connectivity index (χ1n) is 9.12. The summed E-state index contributed by atoms with van der Waals surface area (Å²) >= 11 is 2.55. The Balaban J connectivity index is 1.57. The van der Waals surface area contributed by atoms with Crippen molar-refractivity contribution in [3.8, 4) is 5.69 Å². The average Bonchev–Trinajstić information content (AvgIpc) is 3.22. The summed E-state index contributed by atoms with van der Waals surface area (Å²) < 4.78 is 2.12. The van der Waals surface area contributed by atoms with E-state index >= 15 is 0 Å². The number of anilines is 1. The highest BCUT2D eigenvalue weighted by Crippen LogP contribution is 2.24. The molecule has 0 saturated carbocycles. The van der Waals surface area contributed by atoms with Crippen LogP contribution in [0, 0.1) is 0 Å². The van der Waals surface area contributed by atoms with Crippen LogP contribution in [0.3, 0.4) is 0 Å². The first-order chi connectivity index (χ1) is 14.5. The van der Waals surface area contributed by atoms with Gasteiger partial charge in [0, 0.05) is 11.3 Å². The number of para-hydroxylation sites is 1. The molecule has 2 aromatic heterocycles. The fourth-order valence-electron chi connectivity index (χ4n) is 2.91. The number of amides is 1. The Morgan fingerprint density at radius 3 is 2.50 bits per heavy atom. The highest BCUT2D eigenvalue weighted by Gasteiger charge is 2.15. The largest absolute Gasteiger partial charge is 0.325 e. The van der Waals surface area contributed by atoms with Crippen molar-refractivity contribution in [2.24, 2.45) is 0 Å². The van der Waals surface area contributed by atoms with Crippen molar-refractivity contribution < 1.29 is 9.59 Å². The minimum absolute atomic E-state index is 0.0304. The van der Waals surface area contributed by atoms with Crippen LogP contribution in [0.5, 0.6) is 0 Å². The number of ketones is 1. The molecule has 6 nitrogen and oxygen atoms in total. The number of rotatable bonds is 6. The molecule has 0 aliphatic heterocycles. The summed E-state index contributed by atoms with van der Waals surface area (Å²) in [7, 11) is 0. The summed E-state index contributed by atoms with van der Waals surface area (Å²) in [5.74, 6) is -0.171. The van der Waals surface area contributed by atoms with E-state index in [-0.39, 0.29) is 23.0 Å². The average molecular weight is 436 g/mol. The molecule has 0 aliphatic carbocycles. The Morgan fingerprint density at radius 1 is 1.07 bits per heavy atom. The number of aromatic nitrogens is 2.